The molecule has 7 nitrogen and oxygen atoms in total. The molecule has 3 atom stereocenters. The Balaban J connectivity index is 1.33. The average molecular weight is 434 g/mol. The van der Waals surface area contributed by atoms with Crippen LogP contribution in [-0.4, -0.2) is 57.7 Å². The van der Waals surface area contributed by atoms with E-state index in [1.165, 1.54) is 11.0 Å². The fraction of sp³-hybridized carbons (Fsp3) is 0.591. The number of halogens is 2. The maximum atomic E-state index is 13.6. The van der Waals surface area contributed by atoms with Gasteiger partial charge in [-0.3, -0.25) is 4.79 Å². The zero-order chi connectivity index (χ0) is 21.8. The van der Waals surface area contributed by atoms with Crippen molar-refractivity contribution in [2.45, 2.75) is 57.5 Å². The molecule has 1 aromatic carbocycles. The van der Waals surface area contributed by atoms with Crippen LogP contribution in [0, 0.1) is 5.92 Å². The molecule has 0 aliphatic carbocycles. The Morgan fingerprint density at radius 2 is 2.13 bits per heavy atom. The van der Waals surface area contributed by atoms with Gasteiger partial charge < -0.3 is 15.0 Å². The van der Waals surface area contributed by atoms with Gasteiger partial charge in [-0.25, -0.2) is 13.5 Å². The third-order valence-electron chi connectivity index (χ3n) is 6.23. The van der Waals surface area contributed by atoms with Crippen molar-refractivity contribution in [3.63, 3.8) is 0 Å². The monoisotopic (exact) mass is 433 g/mol. The third kappa shape index (κ3) is 4.97. The van der Waals surface area contributed by atoms with E-state index in [2.05, 4.69) is 15.4 Å². The number of fused-ring (bicyclic) bond motifs is 1. The van der Waals surface area contributed by atoms with E-state index in [9.17, 15) is 13.6 Å². The van der Waals surface area contributed by atoms with Crippen LogP contribution in [0.5, 0.6) is 5.75 Å². The standard InChI is InChI=1S/C22H29F2N5O2/c1-2-31-17-8-5-15(6-9-17)7-10-20(30)28-11-3-4-16(13-28)18-12-19(21(23)24)29-22(27-18)25-14-26-29/h5-6,8-9,14,16,18-19,21H,2-4,7,10-13H2,1H3,(H,25,26,27)/t16?,18-,19+/m0/s1. The van der Waals surface area contributed by atoms with Crippen molar-refractivity contribution >= 4 is 11.9 Å². The van der Waals surface area contributed by atoms with Crippen molar-refractivity contribution in [3.8, 4) is 5.75 Å². The van der Waals surface area contributed by atoms with Crippen LogP contribution in [0.2, 0.25) is 0 Å². The van der Waals surface area contributed by atoms with Crippen molar-refractivity contribution in [1.29, 1.82) is 0 Å². The molecule has 31 heavy (non-hydrogen) atoms. The lowest BCUT2D eigenvalue weighted by molar-refractivity contribution is -0.133. The lowest BCUT2D eigenvalue weighted by atomic mass is 9.86. The highest BCUT2D eigenvalue weighted by atomic mass is 19.3. The number of alkyl halides is 2. The van der Waals surface area contributed by atoms with Crippen LogP contribution < -0.4 is 10.1 Å². The van der Waals surface area contributed by atoms with E-state index in [1.54, 1.807) is 0 Å². The number of benzene rings is 1. The van der Waals surface area contributed by atoms with Gasteiger partial charge >= 0.3 is 0 Å². The first-order valence-corrected chi connectivity index (χ1v) is 11.0. The van der Waals surface area contributed by atoms with Crippen LogP contribution in [0.4, 0.5) is 14.7 Å². The molecule has 1 aromatic heterocycles. The number of piperidine rings is 1. The summed E-state index contributed by atoms with van der Waals surface area (Å²) in [5.41, 5.74) is 1.10. The van der Waals surface area contributed by atoms with Crippen molar-refractivity contribution in [2.24, 2.45) is 5.92 Å². The van der Waals surface area contributed by atoms with Crippen LogP contribution in [0.25, 0.3) is 0 Å². The Labute approximate surface area is 180 Å². The maximum Gasteiger partial charge on any atom is 0.260 e. The number of ether oxygens (including phenoxy) is 1. The Kier molecular flexibility index (Phi) is 6.67. The minimum absolute atomic E-state index is 0.114. The van der Waals surface area contributed by atoms with Gasteiger partial charge in [-0.05, 0) is 56.2 Å². The van der Waals surface area contributed by atoms with E-state index in [1.807, 2.05) is 36.1 Å². The van der Waals surface area contributed by atoms with Crippen molar-refractivity contribution in [2.75, 3.05) is 25.0 Å². The average Bonchev–Trinajstić information content (AvgIpc) is 3.26. The Morgan fingerprint density at radius 3 is 2.87 bits per heavy atom. The second kappa shape index (κ2) is 9.62. The van der Waals surface area contributed by atoms with Gasteiger partial charge in [0.2, 0.25) is 11.9 Å². The Bertz CT molecular complexity index is 873. The summed E-state index contributed by atoms with van der Waals surface area (Å²) < 4.78 is 33.9. The first-order valence-electron chi connectivity index (χ1n) is 11.0. The summed E-state index contributed by atoms with van der Waals surface area (Å²) >= 11 is 0. The van der Waals surface area contributed by atoms with E-state index in [-0.39, 0.29) is 24.3 Å². The molecule has 2 aliphatic heterocycles. The normalized spacial score (nSPS) is 23.4. The summed E-state index contributed by atoms with van der Waals surface area (Å²) in [6.45, 7) is 3.88. The molecule has 1 N–H and O–H groups in total. The second-order valence-corrected chi connectivity index (χ2v) is 8.24. The van der Waals surface area contributed by atoms with Crippen molar-refractivity contribution in [1.82, 2.24) is 19.7 Å². The molecule has 1 saturated heterocycles. The summed E-state index contributed by atoms with van der Waals surface area (Å²) in [4.78, 5) is 18.8. The predicted molar refractivity (Wildman–Crippen MR) is 112 cm³/mol. The molecule has 0 saturated carbocycles. The van der Waals surface area contributed by atoms with Gasteiger partial charge in [-0.15, -0.1) is 0 Å². The number of amides is 1. The van der Waals surface area contributed by atoms with Crippen LogP contribution >= 0.6 is 0 Å². The minimum Gasteiger partial charge on any atom is -0.494 e. The molecule has 2 aliphatic rings. The number of nitrogens with zero attached hydrogens (tertiary/aromatic N) is 4. The number of anilines is 1. The van der Waals surface area contributed by atoms with Crippen molar-refractivity contribution in [3.05, 3.63) is 36.2 Å². The number of rotatable bonds is 7. The number of carbonyl (C=O) groups excluding carboxylic acids is 1. The lowest BCUT2D eigenvalue weighted by Crippen LogP contribution is -2.48. The second-order valence-electron chi connectivity index (χ2n) is 8.24. The highest BCUT2D eigenvalue weighted by molar-refractivity contribution is 5.76. The number of aromatic nitrogens is 3. The summed E-state index contributed by atoms with van der Waals surface area (Å²) in [5, 5.41) is 7.21. The topological polar surface area (TPSA) is 72.3 Å². The largest absolute Gasteiger partial charge is 0.494 e. The van der Waals surface area contributed by atoms with E-state index >= 15 is 0 Å². The number of nitrogens with one attached hydrogen (secondary N) is 1. The Morgan fingerprint density at radius 1 is 1.32 bits per heavy atom. The summed E-state index contributed by atoms with van der Waals surface area (Å²) in [6.07, 6.45) is 1.98. The molecule has 0 radical (unpaired) electrons. The van der Waals surface area contributed by atoms with Gasteiger partial charge in [0.1, 0.15) is 18.1 Å². The quantitative estimate of drug-likeness (QED) is 0.723. The van der Waals surface area contributed by atoms with E-state index in [0.29, 0.717) is 31.9 Å². The smallest absolute Gasteiger partial charge is 0.260 e. The zero-order valence-electron chi connectivity index (χ0n) is 17.7. The van der Waals surface area contributed by atoms with Gasteiger partial charge in [0, 0.05) is 25.6 Å². The maximum absolute atomic E-state index is 13.6. The highest BCUT2D eigenvalue weighted by Crippen LogP contribution is 2.35. The molecular weight excluding hydrogens is 404 g/mol. The van der Waals surface area contributed by atoms with E-state index in [4.69, 9.17) is 4.74 Å². The van der Waals surface area contributed by atoms with Crippen molar-refractivity contribution < 1.29 is 18.3 Å². The fourth-order valence-electron chi connectivity index (χ4n) is 4.59. The van der Waals surface area contributed by atoms with Gasteiger partial charge in [0.25, 0.3) is 6.43 Å². The van der Waals surface area contributed by atoms with Gasteiger partial charge in [-0.1, -0.05) is 12.1 Å². The van der Waals surface area contributed by atoms with Crippen LogP contribution in [-0.2, 0) is 11.2 Å². The number of likely N-dealkylation sites (tertiary alicyclic amines) is 1. The summed E-state index contributed by atoms with van der Waals surface area (Å²) in [5.74, 6) is 1.45. The molecule has 2 aromatic rings. The molecule has 0 spiro atoms. The Hall–Kier alpha value is -2.71. The molecule has 1 fully saturated rings. The predicted octanol–water partition coefficient (Wildman–Crippen LogP) is 3.54. The number of hydrogen-bond acceptors (Lipinski definition) is 5. The molecule has 4 rings (SSSR count). The minimum atomic E-state index is -2.50. The van der Waals surface area contributed by atoms with E-state index in [0.717, 1.165) is 30.7 Å². The number of aryl methyl sites for hydroxylation is 1. The first kappa shape index (κ1) is 21.5. The molecule has 0 bridgehead atoms. The number of hydrogen-bond donors (Lipinski definition) is 1. The number of carbonyl (C=O) groups is 1. The molecule has 1 amide bonds. The molecular formula is C22H29F2N5O2. The molecule has 1 unspecified atom stereocenters. The fourth-order valence-corrected chi connectivity index (χ4v) is 4.59. The van der Waals surface area contributed by atoms with Crippen LogP contribution in [0.1, 0.15) is 44.2 Å². The summed E-state index contributed by atoms with van der Waals surface area (Å²) in [7, 11) is 0. The molecule has 168 valence electrons. The van der Waals surface area contributed by atoms with Gasteiger partial charge in [-0.2, -0.15) is 10.1 Å². The third-order valence-corrected chi connectivity index (χ3v) is 6.23. The van der Waals surface area contributed by atoms with Gasteiger partial charge in [0.15, 0.2) is 0 Å². The summed E-state index contributed by atoms with van der Waals surface area (Å²) in [6, 6.07) is 6.71. The zero-order valence-corrected chi connectivity index (χ0v) is 17.7. The lowest BCUT2D eigenvalue weighted by Gasteiger charge is -2.40. The van der Waals surface area contributed by atoms with Crippen LogP contribution in [0.3, 0.4) is 0 Å². The SMILES string of the molecule is CCOc1ccc(CCC(=O)N2CCCC([C@@H]3C[C@H](C(F)F)n4ncnc4N3)C2)cc1. The van der Waals surface area contributed by atoms with Gasteiger partial charge in [0.05, 0.1) is 6.61 Å². The highest BCUT2D eigenvalue weighted by Gasteiger charge is 2.38. The van der Waals surface area contributed by atoms with E-state index < -0.39 is 12.5 Å². The molecule has 9 heteroatoms. The first-order chi connectivity index (χ1) is 15.0. The van der Waals surface area contributed by atoms with Crippen LogP contribution in [0.15, 0.2) is 30.6 Å². The molecule has 3 heterocycles.